The van der Waals surface area contributed by atoms with Crippen LogP contribution in [0.25, 0.3) is 10.1 Å². The van der Waals surface area contributed by atoms with Gasteiger partial charge in [0.2, 0.25) is 0 Å². The van der Waals surface area contributed by atoms with Crippen molar-refractivity contribution in [2.24, 2.45) is 0 Å². The highest BCUT2D eigenvalue weighted by molar-refractivity contribution is 9.11. The van der Waals surface area contributed by atoms with Crippen LogP contribution in [0.4, 0.5) is 0 Å². The first-order chi connectivity index (χ1) is 6.72. The lowest BCUT2D eigenvalue weighted by atomic mass is 10.4. The molecule has 0 fully saturated rings. The maximum absolute atomic E-state index is 11.7. The van der Waals surface area contributed by atoms with E-state index >= 15 is 0 Å². The molecule has 0 aliphatic heterocycles. The number of halogens is 1. The van der Waals surface area contributed by atoms with Crippen molar-refractivity contribution >= 4 is 37.4 Å². The molecule has 74 valence electrons. The summed E-state index contributed by atoms with van der Waals surface area (Å²) in [6.07, 6.45) is 1.64. The molecule has 14 heavy (non-hydrogen) atoms. The van der Waals surface area contributed by atoms with Gasteiger partial charge in [0.15, 0.2) is 0 Å². The number of hydrogen-bond donors (Lipinski definition) is 1. The van der Waals surface area contributed by atoms with E-state index in [0.717, 1.165) is 8.49 Å². The number of rotatable bonds is 2. The monoisotopic (exact) mass is 274 g/mol. The molecular weight excluding hydrogens is 268 g/mol. The highest BCUT2D eigenvalue weighted by Crippen LogP contribution is 2.26. The lowest BCUT2D eigenvalue weighted by Crippen LogP contribution is -2.23. The van der Waals surface area contributed by atoms with Gasteiger partial charge in [-0.3, -0.25) is 4.79 Å². The van der Waals surface area contributed by atoms with Crippen LogP contribution in [-0.4, -0.2) is 21.5 Å². The van der Waals surface area contributed by atoms with Gasteiger partial charge in [0.05, 0.1) is 33.2 Å². The Hall–Kier alpha value is -0.720. The van der Waals surface area contributed by atoms with E-state index in [1.165, 1.54) is 16.0 Å². The molecule has 2 aromatic heterocycles. The second-order valence-corrected chi connectivity index (χ2v) is 5.19. The molecule has 0 aliphatic rings. The van der Waals surface area contributed by atoms with Gasteiger partial charge in [-0.25, -0.2) is 4.68 Å². The Morgan fingerprint density at radius 1 is 1.64 bits per heavy atom. The summed E-state index contributed by atoms with van der Waals surface area (Å²) in [7, 11) is 0. The van der Waals surface area contributed by atoms with E-state index < -0.39 is 0 Å². The van der Waals surface area contributed by atoms with Gasteiger partial charge in [-0.15, -0.1) is 11.3 Å². The molecule has 0 saturated heterocycles. The minimum Gasteiger partial charge on any atom is -0.394 e. The fourth-order valence-electron chi connectivity index (χ4n) is 1.20. The van der Waals surface area contributed by atoms with Gasteiger partial charge in [-0.2, -0.15) is 5.10 Å². The Kier molecular flexibility index (Phi) is 2.66. The van der Waals surface area contributed by atoms with Crippen molar-refractivity contribution in [1.82, 2.24) is 9.78 Å². The van der Waals surface area contributed by atoms with Crippen LogP contribution < -0.4 is 5.56 Å². The average molecular weight is 275 g/mol. The van der Waals surface area contributed by atoms with E-state index in [1.54, 1.807) is 12.3 Å². The maximum atomic E-state index is 11.7. The molecule has 0 saturated carbocycles. The number of aliphatic hydroxyl groups is 1. The standard InChI is InChI=1S/C8H7BrN2O2S/c9-7-3-5-6(14-7)4-10-11(1-2-12)8(5)13/h3-4,12H,1-2H2. The van der Waals surface area contributed by atoms with Crippen molar-refractivity contribution < 1.29 is 5.11 Å². The fourth-order valence-corrected chi connectivity index (χ4v) is 2.70. The molecule has 0 spiro atoms. The minimum absolute atomic E-state index is 0.0796. The summed E-state index contributed by atoms with van der Waals surface area (Å²) in [6.45, 7) is 0.159. The van der Waals surface area contributed by atoms with Gasteiger partial charge in [-0.05, 0) is 22.0 Å². The van der Waals surface area contributed by atoms with Gasteiger partial charge in [0, 0.05) is 0 Å². The summed E-state index contributed by atoms with van der Waals surface area (Å²) < 4.78 is 3.03. The van der Waals surface area contributed by atoms with Crippen molar-refractivity contribution in [2.45, 2.75) is 6.54 Å². The second kappa shape index (κ2) is 3.80. The molecule has 0 amide bonds. The minimum atomic E-state index is -0.154. The molecule has 0 unspecified atom stereocenters. The maximum Gasteiger partial charge on any atom is 0.275 e. The normalized spacial score (nSPS) is 11.0. The Labute approximate surface area is 91.9 Å². The molecule has 0 aromatic carbocycles. The van der Waals surface area contributed by atoms with Crippen LogP contribution >= 0.6 is 27.3 Å². The summed E-state index contributed by atoms with van der Waals surface area (Å²) in [5.74, 6) is 0. The van der Waals surface area contributed by atoms with Crippen LogP contribution in [0.2, 0.25) is 0 Å². The molecular formula is C8H7BrN2O2S. The summed E-state index contributed by atoms with van der Waals surface area (Å²) in [5.41, 5.74) is -0.154. The molecule has 0 bridgehead atoms. The van der Waals surface area contributed by atoms with Gasteiger partial charge < -0.3 is 5.11 Å². The van der Waals surface area contributed by atoms with Crippen molar-refractivity contribution in [3.05, 3.63) is 26.4 Å². The number of aliphatic hydroxyl groups excluding tert-OH is 1. The summed E-state index contributed by atoms with van der Waals surface area (Å²) in [5, 5.41) is 13.3. The second-order valence-electron chi connectivity index (χ2n) is 2.72. The molecule has 4 nitrogen and oxygen atoms in total. The largest absolute Gasteiger partial charge is 0.394 e. The molecule has 2 aromatic rings. The number of thiophene rings is 1. The first-order valence-electron chi connectivity index (χ1n) is 3.98. The van der Waals surface area contributed by atoms with E-state index in [-0.39, 0.29) is 18.7 Å². The van der Waals surface area contributed by atoms with Crippen LogP contribution in [0.5, 0.6) is 0 Å². The highest BCUT2D eigenvalue weighted by atomic mass is 79.9. The van der Waals surface area contributed by atoms with Crippen molar-refractivity contribution in [1.29, 1.82) is 0 Å². The first-order valence-corrected chi connectivity index (χ1v) is 5.59. The predicted octanol–water partition coefficient (Wildman–Crippen LogP) is 1.21. The van der Waals surface area contributed by atoms with E-state index in [1.807, 2.05) is 0 Å². The van der Waals surface area contributed by atoms with Crippen LogP contribution in [-0.2, 0) is 6.54 Å². The molecule has 2 rings (SSSR count). The lowest BCUT2D eigenvalue weighted by molar-refractivity contribution is 0.266. The zero-order valence-electron chi connectivity index (χ0n) is 7.11. The van der Waals surface area contributed by atoms with Crippen LogP contribution in [0.15, 0.2) is 20.8 Å². The first kappa shape index (κ1) is 9.82. The van der Waals surface area contributed by atoms with E-state index in [4.69, 9.17) is 5.11 Å². The Balaban J connectivity index is 2.68. The molecule has 1 N–H and O–H groups in total. The summed E-state index contributed by atoms with van der Waals surface area (Å²) in [6, 6.07) is 1.78. The zero-order chi connectivity index (χ0) is 10.1. The van der Waals surface area contributed by atoms with Gasteiger partial charge in [0.25, 0.3) is 5.56 Å². The Bertz CT molecular complexity index is 520. The van der Waals surface area contributed by atoms with Crippen LogP contribution in [0.1, 0.15) is 0 Å². The van der Waals surface area contributed by atoms with E-state index in [2.05, 4.69) is 21.0 Å². The van der Waals surface area contributed by atoms with Crippen LogP contribution in [0, 0.1) is 0 Å². The molecule has 0 atom stereocenters. The topological polar surface area (TPSA) is 55.1 Å². The number of hydrogen-bond acceptors (Lipinski definition) is 4. The quantitative estimate of drug-likeness (QED) is 0.896. The third kappa shape index (κ3) is 1.60. The van der Waals surface area contributed by atoms with Gasteiger partial charge in [-0.1, -0.05) is 0 Å². The number of aromatic nitrogens is 2. The predicted molar refractivity (Wildman–Crippen MR) is 58.7 cm³/mol. The third-order valence-corrected chi connectivity index (χ3v) is 3.39. The van der Waals surface area contributed by atoms with Crippen LogP contribution in [0.3, 0.4) is 0 Å². The molecule has 6 heteroatoms. The summed E-state index contributed by atoms with van der Waals surface area (Å²) >= 11 is 4.79. The van der Waals surface area contributed by atoms with Crippen molar-refractivity contribution in [2.75, 3.05) is 6.61 Å². The fraction of sp³-hybridized carbons (Fsp3) is 0.250. The van der Waals surface area contributed by atoms with Gasteiger partial charge in [0.1, 0.15) is 0 Å². The smallest absolute Gasteiger partial charge is 0.275 e. The average Bonchev–Trinajstić information content (AvgIpc) is 2.52. The Morgan fingerprint density at radius 2 is 2.43 bits per heavy atom. The number of fused-ring (bicyclic) bond motifs is 1. The van der Waals surface area contributed by atoms with Crippen molar-refractivity contribution in [3.8, 4) is 0 Å². The Morgan fingerprint density at radius 3 is 3.14 bits per heavy atom. The third-order valence-electron chi connectivity index (χ3n) is 1.82. The zero-order valence-corrected chi connectivity index (χ0v) is 9.51. The van der Waals surface area contributed by atoms with Crippen molar-refractivity contribution in [3.63, 3.8) is 0 Å². The molecule has 2 heterocycles. The molecule has 0 aliphatic carbocycles. The van der Waals surface area contributed by atoms with E-state index in [9.17, 15) is 4.79 Å². The molecule has 0 radical (unpaired) electrons. The lowest BCUT2D eigenvalue weighted by Gasteiger charge is -1.99. The number of nitrogens with zero attached hydrogens (tertiary/aromatic N) is 2. The van der Waals surface area contributed by atoms with Gasteiger partial charge >= 0.3 is 0 Å². The van der Waals surface area contributed by atoms with E-state index in [0.29, 0.717) is 5.39 Å². The SMILES string of the molecule is O=c1c2cc(Br)sc2cnn1CCO. The highest BCUT2D eigenvalue weighted by Gasteiger charge is 2.06. The summed E-state index contributed by atoms with van der Waals surface area (Å²) in [4.78, 5) is 11.7.